The topological polar surface area (TPSA) is 39.4 Å². The first-order chi connectivity index (χ1) is 8.29. The summed E-state index contributed by atoms with van der Waals surface area (Å²) in [6.45, 7) is 2.05. The molecule has 0 atom stereocenters. The summed E-state index contributed by atoms with van der Waals surface area (Å²) in [7, 11) is 1.68. The number of aryl methyl sites for hydroxylation is 1. The van der Waals surface area contributed by atoms with Crippen molar-refractivity contribution in [2.45, 2.75) is 6.92 Å². The van der Waals surface area contributed by atoms with Gasteiger partial charge in [-0.3, -0.25) is 0 Å². The minimum Gasteiger partial charge on any atom is -0.497 e. The van der Waals surface area contributed by atoms with Crippen LogP contribution in [-0.4, -0.2) is 21.7 Å². The first-order valence-corrected chi connectivity index (χ1v) is 6.05. The molecule has 1 aromatic carbocycles. The number of benzene rings is 1. The maximum absolute atomic E-state index is 5.24. The highest BCUT2D eigenvalue weighted by Gasteiger charge is 2.12. The van der Waals surface area contributed by atoms with Gasteiger partial charge in [-0.1, -0.05) is 23.5 Å². The van der Waals surface area contributed by atoms with Crippen LogP contribution in [0.3, 0.4) is 0 Å². The normalized spacial score (nSPS) is 10.9. The summed E-state index contributed by atoms with van der Waals surface area (Å²) in [6, 6.07) is 8.03. The highest BCUT2D eigenvalue weighted by atomic mass is 32.1. The van der Waals surface area contributed by atoms with Crippen molar-refractivity contribution in [3.8, 4) is 16.2 Å². The number of hydrogen-bond acceptors (Lipinski definition) is 4. The zero-order chi connectivity index (χ0) is 11.8. The van der Waals surface area contributed by atoms with E-state index in [-0.39, 0.29) is 0 Å². The monoisotopic (exact) mass is 245 g/mol. The molecule has 4 nitrogen and oxygen atoms in total. The van der Waals surface area contributed by atoms with Crippen LogP contribution >= 0.6 is 11.3 Å². The molecule has 86 valence electrons. The fourth-order valence-corrected chi connectivity index (χ4v) is 2.86. The predicted molar refractivity (Wildman–Crippen MR) is 67.6 cm³/mol. The first kappa shape index (κ1) is 10.3. The number of nitrogens with zero attached hydrogens (tertiary/aromatic N) is 3. The molecule has 0 radical (unpaired) electrons. The van der Waals surface area contributed by atoms with Crippen molar-refractivity contribution in [3.05, 3.63) is 36.3 Å². The van der Waals surface area contributed by atoms with Crippen LogP contribution < -0.4 is 4.74 Å². The predicted octanol–water partition coefficient (Wildman–Crippen LogP) is 2.77. The molecule has 3 aromatic rings. The van der Waals surface area contributed by atoms with Gasteiger partial charge in [-0.15, -0.1) is 0 Å². The van der Waals surface area contributed by atoms with E-state index in [4.69, 9.17) is 4.74 Å². The number of ether oxygens (including phenoxy) is 1. The standard InChI is InChI=1S/C12H11N3OS/c1-8-11(17-12-13-7-14-15(8)12)9-4-3-5-10(6-9)16-2/h3-7H,1-2H3. The summed E-state index contributed by atoms with van der Waals surface area (Å²) in [4.78, 5) is 6.30. The Morgan fingerprint density at radius 3 is 3.00 bits per heavy atom. The summed E-state index contributed by atoms with van der Waals surface area (Å²) in [5.74, 6) is 0.862. The van der Waals surface area contributed by atoms with Crippen LogP contribution in [0.4, 0.5) is 0 Å². The molecular weight excluding hydrogens is 234 g/mol. The van der Waals surface area contributed by atoms with Crippen LogP contribution in [-0.2, 0) is 0 Å². The van der Waals surface area contributed by atoms with E-state index in [2.05, 4.69) is 16.1 Å². The second-order valence-corrected chi connectivity index (χ2v) is 4.68. The van der Waals surface area contributed by atoms with E-state index in [9.17, 15) is 0 Å². The summed E-state index contributed by atoms with van der Waals surface area (Å²) in [5, 5.41) is 4.19. The lowest BCUT2D eigenvalue weighted by atomic mass is 10.1. The average Bonchev–Trinajstić information content (AvgIpc) is 2.93. The molecule has 0 spiro atoms. The number of methoxy groups -OCH3 is 1. The lowest BCUT2D eigenvalue weighted by Crippen LogP contribution is -1.88. The van der Waals surface area contributed by atoms with Crippen molar-refractivity contribution in [2.24, 2.45) is 0 Å². The van der Waals surface area contributed by atoms with Crippen LogP contribution in [0, 0.1) is 6.92 Å². The largest absolute Gasteiger partial charge is 0.497 e. The molecule has 3 rings (SSSR count). The molecule has 0 saturated carbocycles. The Balaban J connectivity index is 2.19. The summed E-state index contributed by atoms with van der Waals surface area (Å²) >= 11 is 1.64. The van der Waals surface area contributed by atoms with E-state index in [1.54, 1.807) is 24.8 Å². The average molecular weight is 245 g/mol. The van der Waals surface area contributed by atoms with Gasteiger partial charge in [0.05, 0.1) is 17.7 Å². The molecule has 0 N–H and O–H groups in total. The molecule has 0 aliphatic carbocycles. The van der Waals surface area contributed by atoms with Crippen molar-refractivity contribution in [3.63, 3.8) is 0 Å². The Labute approximate surface area is 102 Å². The van der Waals surface area contributed by atoms with E-state index < -0.39 is 0 Å². The lowest BCUT2D eigenvalue weighted by molar-refractivity contribution is 0.415. The molecule has 0 fully saturated rings. The smallest absolute Gasteiger partial charge is 0.212 e. The third-order valence-electron chi connectivity index (χ3n) is 2.69. The van der Waals surface area contributed by atoms with Gasteiger partial charge < -0.3 is 4.74 Å². The lowest BCUT2D eigenvalue weighted by Gasteiger charge is -2.03. The third kappa shape index (κ3) is 1.59. The van der Waals surface area contributed by atoms with Crippen LogP contribution in [0.2, 0.25) is 0 Å². The maximum Gasteiger partial charge on any atom is 0.212 e. The minimum atomic E-state index is 0.862. The number of aromatic nitrogens is 3. The number of hydrogen-bond donors (Lipinski definition) is 0. The van der Waals surface area contributed by atoms with Gasteiger partial charge in [0, 0.05) is 0 Å². The van der Waals surface area contributed by atoms with Crippen molar-refractivity contribution in [2.75, 3.05) is 7.11 Å². The van der Waals surface area contributed by atoms with Crippen LogP contribution in [0.1, 0.15) is 5.69 Å². The quantitative estimate of drug-likeness (QED) is 0.697. The third-order valence-corrected chi connectivity index (χ3v) is 3.88. The van der Waals surface area contributed by atoms with Gasteiger partial charge in [0.15, 0.2) is 0 Å². The van der Waals surface area contributed by atoms with Gasteiger partial charge in [0.2, 0.25) is 4.96 Å². The van der Waals surface area contributed by atoms with E-state index in [1.165, 1.54) is 4.88 Å². The molecule has 0 bridgehead atoms. The fraction of sp³-hybridized carbons (Fsp3) is 0.167. The highest BCUT2D eigenvalue weighted by Crippen LogP contribution is 2.33. The molecule has 0 saturated heterocycles. The molecule has 17 heavy (non-hydrogen) atoms. The zero-order valence-corrected chi connectivity index (χ0v) is 10.4. The highest BCUT2D eigenvalue weighted by molar-refractivity contribution is 7.20. The maximum atomic E-state index is 5.24. The van der Waals surface area contributed by atoms with Crippen LogP contribution in [0.5, 0.6) is 5.75 Å². The molecule has 2 heterocycles. The van der Waals surface area contributed by atoms with Gasteiger partial charge in [0.25, 0.3) is 0 Å². The summed E-state index contributed by atoms with van der Waals surface area (Å²) in [5.41, 5.74) is 2.25. The minimum absolute atomic E-state index is 0.862. The zero-order valence-electron chi connectivity index (χ0n) is 9.54. The van der Waals surface area contributed by atoms with Gasteiger partial charge in [-0.2, -0.15) is 5.10 Å². The Morgan fingerprint density at radius 2 is 2.24 bits per heavy atom. The van der Waals surface area contributed by atoms with Gasteiger partial charge >= 0.3 is 0 Å². The van der Waals surface area contributed by atoms with Gasteiger partial charge in [-0.05, 0) is 24.6 Å². The second-order valence-electron chi connectivity index (χ2n) is 3.70. The Morgan fingerprint density at radius 1 is 1.35 bits per heavy atom. The van der Waals surface area contributed by atoms with E-state index in [1.807, 2.05) is 29.6 Å². The Kier molecular flexibility index (Phi) is 2.33. The molecule has 0 aliphatic heterocycles. The Bertz CT molecular complexity index is 671. The van der Waals surface area contributed by atoms with Crippen LogP contribution in [0.25, 0.3) is 15.4 Å². The number of rotatable bonds is 2. The molecule has 5 heteroatoms. The molecule has 0 aliphatic rings. The molecule has 0 unspecified atom stereocenters. The number of thiazole rings is 1. The Hall–Kier alpha value is -1.88. The molecule has 0 amide bonds. The SMILES string of the molecule is COc1cccc(-c2sc3ncnn3c2C)c1. The van der Waals surface area contributed by atoms with Gasteiger partial charge in [0.1, 0.15) is 12.1 Å². The van der Waals surface area contributed by atoms with Crippen molar-refractivity contribution in [1.29, 1.82) is 0 Å². The van der Waals surface area contributed by atoms with Crippen molar-refractivity contribution >= 4 is 16.3 Å². The molecule has 2 aromatic heterocycles. The number of fused-ring (bicyclic) bond motifs is 1. The van der Waals surface area contributed by atoms with E-state index in [0.29, 0.717) is 0 Å². The van der Waals surface area contributed by atoms with E-state index in [0.717, 1.165) is 22.0 Å². The van der Waals surface area contributed by atoms with Crippen molar-refractivity contribution < 1.29 is 4.74 Å². The first-order valence-electron chi connectivity index (χ1n) is 5.23. The summed E-state index contributed by atoms with van der Waals surface area (Å²) < 4.78 is 7.10. The van der Waals surface area contributed by atoms with Crippen LogP contribution in [0.15, 0.2) is 30.6 Å². The molecular formula is C12H11N3OS. The van der Waals surface area contributed by atoms with Crippen molar-refractivity contribution in [1.82, 2.24) is 14.6 Å². The van der Waals surface area contributed by atoms with Gasteiger partial charge in [-0.25, -0.2) is 9.50 Å². The second kappa shape index (κ2) is 3.85. The summed E-state index contributed by atoms with van der Waals surface area (Å²) in [6.07, 6.45) is 1.58. The van der Waals surface area contributed by atoms with E-state index >= 15 is 0 Å². The fourth-order valence-electron chi connectivity index (χ4n) is 1.82.